The van der Waals surface area contributed by atoms with Gasteiger partial charge in [0.1, 0.15) is 0 Å². The Bertz CT molecular complexity index is 606. The summed E-state index contributed by atoms with van der Waals surface area (Å²) in [7, 11) is 1.84. The topological polar surface area (TPSA) is 33.2 Å². The maximum atomic E-state index is 12.3. The van der Waals surface area contributed by atoms with E-state index >= 15 is 0 Å². The number of carbonyl (C=O) groups is 1. The molecule has 0 saturated heterocycles. The van der Waals surface area contributed by atoms with Crippen LogP contribution in [0.15, 0.2) is 12.1 Å². The number of aryl methyl sites for hydroxylation is 3. The molecule has 2 heterocycles. The van der Waals surface area contributed by atoms with Gasteiger partial charge >= 0.3 is 0 Å². The lowest BCUT2D eigenvalue weighted by Crippen LogP contribution is -2.27. The van der Waals surface area contributed by atoms with Crippen molar-refractivity contribution in [3.63, 3.8) is 0 Å². The molecular weight excluding hydrogens is 288 g/mol. The van der Waals surface area contributed by atoms with Crippen LogP contribution in [0.5, 0.6) is 0 Å². The molecule has 2 aromatic rings. The van der Waals surface area contributed by atoms with E-state index in [4.69, 9.17) is 0 Å². The second-order valence-corrected chi connectivity index (χ2v) is 7.65. The van der Waals surface area contributed by atoms with Crippen molar-refractivity contribution in [2.24, 2.45) is 0 Å². The fourth-order valence-electron chi connectivity index (χ4n) is 2.44. The highest BCUT2D eigenvalue weighted by molar-refractivity contribution is 7.16. The molecule has 0 unspecified atom stereocenters. The van der Waals surface area contributed by atoms with Crippen molar-refractivity contribution in [1.82, 2.24) is 4.98 Å². The predicted octanol–water partition coefficient (Wildman–Crippen LogP) is 3.60. The monoisotopic (exact) mass is 306 g/mol. The summed E-state index contributed by atoms with van der Waals surface area (Å²) in [6, 6.07) is 4.11. The van der Waals surface area contributed by atoms with Crippen molar-refractivity contribution >= 4 is 33.7 Å². The first kappa shape index (κ1) is 13.8. The summed E-state index contributed by atoms with van der Waals surface area (Å²) >= 11 is 3.38. The van der Waals surface area contributed by atoms with E-state index in [0.717, 1.165) is 22.9 Å². The quantitative estimate of drug-likeness (QED) is 0.868. The number of aromatic nitrogens is 1. The number of amides is 1. The number of thiazole rings is 1. The molecule has 0 radical (unpaired) electrons. The van der Waals surface area contributed by atoms with Crippen LogP contribution < -0.4 is 4.90 Å². The Morgan fingerprint density at radius 2 is 2.10 bits per heavy atom. The van der Waals surface area contributed by atoms with E-state index in [1.807, 2.05) is 13.1 Å². The zero-order valence-electron chi connectivity index (χ0n) is 11.8. The molecule has 2 aromatic heterocycles. The first-order chi connectivity index (χ1) is 9.63. The number of nitrogens with zero attached hydrogens (tertiary/aromatic N) is 2. The average Bonchev–Trinajstić information content (AvgIpc) is 3.03. The van der Waals surface area contributed by atoms with Gasteiger partial charge in [-0.2, -0.15) is 0 Å². The zero-order chi connectivity index (χ0) is 14.1. The Morgan fingerprint density at radius 3 is 2.80 bits per heavy atom. The van der Waals surface area contributed by atoms with E-state index in [2.05, 4.69) is 18.0 Å². The zero-order valence-corrected chi connectivity index (χ0v) is 13.4. The Hall–Kier alpha value is -1.20. The lowest BCUT2D eigenvalue weighted by Gasteiger charge is -2.12. The van der Waals surface area contributed by atoms with Crippen molar-refractivity contribution in [2.75, 3.05) is 11.9 Å². The molecule has 0 N–H and O–H groups in total. The Balaban J connectivity index is 1.73. The predicted molar refractivity (Wildman–Crippen MR) is 84.9 cm³/mol. The number of anilines is 1. The summed E-state index contributed by atoms with van der Waals surface area (Å²) in [5, 5.41) is 0.857. The molecule has 5 heteroatoms. The van der Waals surface area contributed by atoms with E-state index in [1.54, 1.807) is 27.6 Å². The van der Waals surface area contributed by atoms with Gasteiger partial charge in [0.25, 0.3) is 0 Å². The maximum absolute atomic E-state index is 12.3. The highest BCUT2D eigenvalue weighted by Crippen LogP contribution is 2.31. The van der Waals surface area contributed by atoms with Crippen LogP contribution in [0.4, 0.5) is 5.13 Å². The maximum Gasteiger partial charge on any atom is 0.233 e. The number of hydrogen-bond donors (Lipinski definition) is 0. The molecule has 0 bridgehead atoms. The molecular formula is C15H18N2OS2. The van der Waals surface area contributed by atoms with Crippen LogP contribution in [0.3, 0.4) is 0 Å². The van der Waals surface area contributed by atoms with Crippen LogP contribution in [-0.2, 0) is 24.1 Å². The second-order valence-electron chi connectivity index (χ2n) is 5.22. The van der Waals surface area contributed by atoms with Crippen LogP contribution in [0, 0.1) is 6.92 Å². The standard InChI is InChI=1S/C15H18N2OS2/c1-10-7-8-11(19-10)9-14(18)17(2)15-16-12-5-3-4-6-13(12)20-15/h7-8H,3-6,9H2,1-2H3. The first-order valence-electron chi connectivity index (χ1n) is 6.94. The van der Waals surface area contributed by atoms with Crippen molar-refractivity contribution in [3.8, 4) is 0 Å². The van der Waals surface area contributed by atoms with Crippen LogP contribution >= 0.6 is 22.7 Å². The minimum absolute atomic E-state index is 0.123. The summed E-state index contributed by atoms with van der Waals surface area (Å²) in [5.74, 6) is 0.123. The molecule has 0 aliphatic heterocycles. The van der Waals surface area contributed by atoms with Gasteiger partial charge < -0.3 is 0 Å². The summed E-state index contributed by atoms with van der Waals surface area (Å²) in [4.78, 5) is 22.4. The third-order valence-corrected chi connectivity index (χ3v) is 5.85. The molecule has 0 spiro atoms. The van der Waals surface area contributed by atoms with Gasteiger partial charge in [-0.3, -0.25) is 9.69 Å². The van der Waals surface area contributed by atoms with Crippen molar-refractivity contribution in [3.05, 3.63) is 32.5 Å². The highest BCUT2D eigenvalue weighted by atomic mass is 32.1. The smallest absolute Gasteiger partial charge is 0.233 e. The van der Waals surface area contributed by atoms with E-state index in [1.165, 1.54) is 28.3 Å². The van der Waals surface area contributed by atoms with Gasteiger partial charge in [-0.05, 0) is 44.7 Å². The van der Waals surface area contributed by atoms with Gasteiger partial charge in [0.2, 0.25) is 5.91 Å². The Morgan fingerprint density at radius 1 is 1.30 bits per heavy atom. The van der Waals surface area contributed by atoms with Gasteiger partial charge in [0, 0.05) is 21.7 Å². The molecule has 106 valence electrons. The largest absolute Gasteiger partial charge is 0.291 e. The number of likely N-dealkylation sites (N-methyl/N-ethyl adjacent to an activating group) is 1. The highest BCUT2D eigenvalue weighted by Gasteiger charge is 2.20. The summed E-state index contributed by atoms with van der Waals surface area (Å²) in [6.07, 6.45) is 5.14. The van der Waals surface area contributed by atoms with E-state index in [0.29, 0.717) is 6.42 Å². The summed E-state index contributed by atoms with van der Waals surface area (Å²) in [5.41, 5.74) is 1.21. The molecule has 3 rings (SSSR count). The normalized spacial score (nSPS) is 14.1. The SMILES string of the molecule is Cc1ccc(CC(=O)N(C)c2nc3c(s2)CCCC3)s1. The molecule has 1 aliphatic carbocycles. The molecule has 0 atom stereocenters. The summed E-state index contributed by atoms with van der Waals surface area (Å²) in [6.45, 7) is 2.07. The molecule has 20 heavy (non-hydrogen) atoms. The number of carbonyl (C=O) groups excluding carboxylic acids is 1. The Kier molecular flexibility index (Phi) is 3.89. The van der Waals surface area contributed by atoms with Crippen LogP contribution in [0.1, 0.15) is 33.2 Å². The third kappa shape index (κ3) is 2.79. The van der Waals surface area contributed by atoms with Crippen LogP contribution in [0.2, 0.25) is 0 Å². The lowest BCUT2D eigenvalue weighted by molar-refractivity contribution is -0.117. The molecule has 0 aromatic carbocycles. The second kappa shape index (κ2) is 5.66. The fourth-order valence-corrected chi connectivity index (χ4v) is 4.44. The van der Waals surface area contributed by atoms with E-state index in [9.17, 15) is 4.79 Å². The first-order valence-corrected chi connectivity index (χ1v) is 8.57. The summed E-state index contributed by atoms with van der Waals surface area (Å²) < 4.78 is 0. The third-order valence-electron chi connectivity index (χ3n) is 3.62. The minimum Gasteiger partial charge on any atom is -0.291 e. The molecule has 3 nitrogen and oxygen atoms in total. The van der Waals surface area contributed by atoms with Crippen molar-refractivity contribution < 1.29 is 4.79 Å². The van der Waals surface area contributed by atoms with Gasteiger partial charge in [0.15, 0.2) is 5.13 Å². The van der Waals surface area contributed by atoms with E-state index < -0.39 is 0 Å². The van der Waals surface area contributed by atoms with Gasteiger partial charge in [-0.25, -0.2) is 4.98 Å². The number of rotatable bonds is 3. The van der Waals surface area contributed by atoms with Gasteiger partial charge in [-0.1, -0.05) is 0 Å². The number of fused-ring (bicyclic) bond motifs is 1. The molecule has 1 amide bonds. The van der Waals surface area contributed by atoms with Crippen molar-refractivity contribution in [1.29, 1.82) is 0 Å². The lowest BCUT2D eigenvalue weighted by atomic mass is 10.0. The van der Waals surface area contributed by atoms with Crippen LogP contribution in [0.25, 0.3) is 0 Å². The van der Waals surface area contributed by atoms with E-state index in [-0.39, 0.29) is 5.91 Å². The van der Waals surface area contributed by atoms with Crippen molar-refractivity contribution in [2.45, 2.75) is 39.0 Å². The number of hydrogen-bond acceptors (Lipinski definition) is 4. The average molecular weight is 306 g/mol. The molecule has 0 fully saturated rings. The minimum atomic E-state index is 0.123. The molecule has 0 saturated carbocycles. The number of thiophene rings is 1. The fraction of sp³-hybridized carbons (Fsp3) is 0.467. The van der Waals surface area contributed by atoms with Gasteiger partial charge in [0.05, 0.1) is 12.1 Å². The van der Waals surface area contributed by atoms with Crippen LogP contribution in [-0.4, -0.2) is 17.9 Å². The molecule has 1 aliphatic rings. The Labute approximate surface area is 127 Å². The van der Waals surface area contributed by atoms with Gasteiger partial charge in [-0.15, -0.1) is 22.7 Å².